The fourth-order valence-corrected chi connectivity index (χ4v) is 1.23. The molecule has 72 valence electrons. The van der Waals surface area contributed by atoms with E-state index < -0.39 is 5.97 Å². The van der Waals surface area contributed by atoms with Crippen LogP contribution in [0.25, 0.3) is 0 Å². The molecule has 0 saturated carbocycles. The quantitative estimate of drug-likeness (QED) is 0.452. The average Bonchev–Trinajstić information content (AvgIpc) is 2.02. The van der Waals surface area contributed by atoms with Gasteiger partial charge in [0, 0.05) is 6.42 Å². The highest BCUT2D eigenvalue weighted by atomic mass is 16.4. The molecule has 0 bridgehead atoms. The van der Waals surface area contributed by atoms with Crippen molar-refractivity contribution in [2.45, 2.75) is 58.3 Å². The molecule has 0 aliphatic rings. The van der Waals surface area contributed by atoms with Crippen molar-refractivity contribution in [3.63, 3.8) is 0 Å². The van der Waals surface area contributed by atoms with Crippen LogP contribution in [0, 0.1) is 0 Å². The summed E-state index contributed by atoms with van der Waals surface area (Å²) in [5, 5.41) is 8.35. The highest BCUT2D eigenvalue weighted by Crippen LogP contribution is 2.07. The minimum atomic E-state index is -0.663. The lowest BCUT2D eigenvalue weighted by molar-refractivity contribution is -0.137. The molecule has 1 N–H and O–H groups in total. The number of carboxylic acid groups (broad SMARTS) is 1. The standard InChI is InChI=1S/C10H20O2/c1-2-3-4-5-6-7-8-9-10(11)12/h2-9H2,1H3,(H,11,12)/i8+1. The summed E-state index contributed by atoms with van der Waals surface area (Å²) in [6.45, 7) is 2.20. The second-order valence-electron chi connectivity index (χ2n) is 3.27. The Morgan fingerprint density at radius 1 is 1.00 bits per heavy atom. The van der Waals surface area contributed by atoms with Crippen LogP contribution in [0.2, 0.25) is 0 Å². The van der Waals surface area contributed by atoms with E-state index in [9.17, 15) is 4.79 Å². The second kappa shape index (κ2) is 8.57. The van der Waals surface area contributed by atoms with Crippen LogP contribution in [0.3, 0.4) is 0 Å². The average molecular weight is 173 g/mol. The fourth-order valence-electron chi connectivity index (χ4n) is 1.23. The van der Waals surface area contributed by atoms with Crippen LogP contribution in [-0.4, -0.2) is 11.1 Å². The topological polar surface area (TPSA) is 37.3 Å². The molecule has 0 unspecified atom stereocenters. The van der Waals surface area contributed by atoms with Gasteiger partial charge in [-0.05, 0) is 6.42 Å². The monoisotopic (exact) mass is 173 g/mol. The Morgan fingerprint density at radius 2 is 1.50 bits per heavy atom. The van der Waals surface area contributed by atoms with Gasteiger partial charge in [0.2, 0.25) is 0 Å². The van der Waals surface area contributed by atoms with Crippen molar-refractivity contribution < 1.29 is 9.90 Å². The smallest absolute Gasteiger partial charge is 0.303 e. The van der Waals surface area contributed by atoms with Gasteiger partial charge in [0.25, 0.3) is 0 Å². The Kier molecular flexibility index (Phi) is 8.19. The van der Waals surface area contributed by atoms with Crippen molar-refractivity contribution in [2.24, 2.45) is 0 Å². The molecular weight excluding hydrogens is 153 g/mol. The lowest BCUT2D eigenvalue weighted by Gasteiger charge is -1.98. The van der Waals surface area contributed by atoms with Gasteiger partial charge in [-0.2, -0.15) is 0 Å². The summed E-state index contributed by atoms with van der Waals surface area (Å²) in [4.78, 5) is 10.1. The minimum absolute atomic E-state index is 0.341. The van der Waals surface area contributed by atoms with E-state index in [1.165, 1.54) is 32.1 Å². The van der Waals surface area contributed by atoms with E-state index >= 15 is 0 Å². The maximum atomic E-state index is 10.1. The van der Waals surface area contributed by atoms with Crippen molar-refractivity contribution in [3.8, 4) is 0 Å². The highest BCUT2D eigenvalue weighted by molar-refractivity contribution is 5.66. The third-order valence-electron chi connectivity index (χ3n) is 1.99. The van der Waals surface area contributed by atoms with Gasteiger partial charge < -0.3 is 5.11 Å². The summed E-state index contributed by atoms with van der Waals surface area (Å²) in [6.07, 6.45) is 8.64. The van der Waals surface area contributed by atoms with E-state index in [0.717, 1.165) is 12.8 Å². The molecule has 0 radical (unpaired) electrons. The molecule has 0 aromatic heterocycles. The zero-order valence-corrected chi connectivity index (χ0v) is 8.01. The molecule has 0 aliphatic carbocycles. The summed E-state index contributed by atoms with van der Waals surface area (Å²) >= 11 is 0. The molecule has 0 heterocycles. The fraction of sp³-hybridized carbons (Fsp3) is 0.900. The van der Waals surface area contributed by atoms with Crippen molar-refractivity contribution in [1.29, 1.82) is 0 Å². The Bertz CT molecular complexity index is 110. The maximum Gasteiger partial charge on any atom is 0.303 e. The van der Waals surface area contributed by atoms with Crippen LogP contribution >= 0.6 is 0 Å². The van der Waals surface area contributed by atoms with E-state index in [2.05, 4.69) is 6.92 Å². The molecule has 0 atom stereocenters. The highest BCUT2D eigenvalue weighted by Gasteiger charge is 1.95. The Morgan fingerprint density at radius 3 is 2.00 bits per heavy atom. The van der Waals surface area contributed by atoms with Gasteiger partial charge in [-0.3, -0.25) is 4.79 Å². The Hall–Kier alpha value is -0.530. The summed E-state index contributed by atoms with van der Waals surface area (Å²) in [7, 11) is 0. The van der Waals surface area contributed by atoms with Crippen molar-refractivity contribution in [2.75, 3.05) is 0 Å². The van der Waals surface area contributed by atoms with E-state index in [4.69, 9.17) is 5.11 Å². The van der Waals surface area contributed by atoms with Crippen molar-refractivity contribution in [3.05, 3.63) is 0 Å². The van der Waals surface area contributed by atoms with Crippen LogP contribution in [0.4, 0.5) is 0 Å². The van der Waals surface area contributed by atoms with Gasteiger partial charge in [-0.1, -0.05) is 45.4 Å². The van der Waals surface area contributed by atoms with Gasteiger partial charge >= 0.3 is 5.97 Å². The van der Waals surface area contributed by atoms with Gasteiger partial charge in [0.1, 0.15) is 0 Å². The lowest BCUT2D eigenvalue weighted by Crippen LogP contribution is -1.93. The molecule has 0 aromatic carbocycles. The first kappa shape index (κ1) is 11.5. The molecule has 0 aromatic rings. The van der Waals surface area contributed by atoms with E-state index in [1.807, 2.05) is 0 Å². The third-order valence-corrected chi connectivity index (χ3v) is 1.99. The van der Waals surface area contributed by atoms with Gasteiger partial charge in [0.05, 0.1) is 0 Å². The van der Waals surface area contributed by atoms with Crippen LogP contribution in [0.5, 0.6) is 0 Å². The van der Waals surface area contributed by atoms with Crippen molar-refractivity contribution in [1.82, 2.24) is 0 Å². The number of rotatable bonds is 8. The number of carboxylic acids is 1. The molecule has 12 heavy (non-hydrogen) atoms. The molecule has 2 nitrogen and oxygen atoms in total. The number of aliphatic carboxylic acids is 1. The first-order chi connectivity index (χ1) is 5.77. The number of unbranched alkanes of at least 4 members (excludes halogenated alkanes) is 6. The molecule has 0 fully saturated rings. The van der Waals surface area contributed by atoms with Crippen LogP contribution in [-0.2, 0) is 4.79 Å². The molecule has 0 aliphatic heterocycles. The number of hydrogen-bond donors (Lipinski definition) is 1. The first-order valence-electron chi connectivity index (χ1n) is 4.99. The second-order valence-corrected chi connectivity index (χ2v) is 3.27. The summed E-state index contributed by atoms with van der Waals surface area (Å²) < 4.78 is 0. The Balaban J connectivity index is 2.86. The van der Waals surface area contributed by atoms with Gasteiger partial charge in [0.15, 0.2) is 0 Å². The lowest BCUT2D eigenvalue weighted by atomic mass is 10.1. The van der Waals surface area contributed by atoms with E-state index in [0.29, 0.717) is 6.42 Å². The summed E-state index contributed by atoms with van der Waals surface area (Å²) in [5.41, 5.74) is 0. The largest absolute Gasteiger partial charge is 0.481 e. The molecule has 2 heteroatoms. The van der Waals surface area contributed by atoms with E-state index in [-0.39, 0.29) is 0 Å². The van der Waals surface area contributed by atoms with Crippen LogP contribution in [0.15, 0.2) is 0 Å². The summed E-state index contributed by atoms with van der Waals surface area (Å²) in [5.74, 6) is -0.663. The Labute approximate surface area is 75.0 Å². The molecule has 0 spiro atoms. The van der Waals surface area contributed by atoms with E-state index in [1.54, 1.807) is 0 Å². The number of carbonyl (C=O) groups is 1. The third kappa shape index (κ3) is 9.47. The van der Waals surface area contributed by atoms with Crippen molar-refractivity contribution >= 4 is 5.97 Å². The van der Waals surface area contributed by atoms with Gasteiger partial charge in [-0.25, -0.2) is 0 Å². The maximum absolute atomic E-state index is 10.1. The first-order valence-corrected chi connectivity index (χ1v) is 4.99. The predicted molar refractivity (Wildman–Crippen MR) is 50.2 cm³/mol. The SMILES string of the molecule is CCCCCCC[13CH2]CC(=O)O. The number of hydrogen-bond acceptors (Lipinski definition) is 1. The van der Waals surface area contributed by atoms with Crippen LogP contribution < -0.4 is 0 Å². The van der Waals surface area contributed by atoms with Crippen LogP contribution in [0.1, 0.15) is 58.3 Å². The molecule has 0 rings (SSSR count). The molecule has 0 amide bonds. The normalized spacial score (nSPS) is 10.1. The molecular formula is C10H20O2. The predicted octanol–water partition coefficient (Wildman–Crippen LogP) is 3.21. The minimum Gasteiger partial charge on any atom is -0.481 e. The zero-order valence-electron chi connectivity index (χ0n) is 8.01. The molecule has 0 saturated heterocycles. The van der Waals surface area contributed by atoms with Gasteiger partial charge in [-0.15, -0.1) is 0 Å². The zero-order chi connectivity index (χ0) is 9.23. The summed E-state index contributed by atoms with van der Waals surface area (Å²) in [6, 6.07) is 0.